The molecule has 0 saturated carbocycles. The number of carbonyl (C=O) groups excluding carboxylic acids is 1. The maximum absolute atomic E-state index is 12.2. The van der Waals surface area contributed by atoms with Crippen LogP contribution in [0.25, 0.3) is 10.9 Å². The normalized spacial score (nSPS) is 10.6. The van der Waals surface area contributed by atoms with Gasteiger partial charge in [-0.3, -0.25) is 9.59 Å². The van der Waals surface area contributed by atoms with Gasteiger partial charge in [0.15, 0.2) is 0 Å². The highest BCUT2D eigenvalue weighted by Crippen LogP contribution is 2.08. The molecular formula is C16H14N4O3. The minimum absolute atomic E-state index is 0.224. The number of amides is 1. The Morgan fingerprint density at radius 3 is 2.61 bits per heavy atom. The minimum atomic E-state index is -0.687. The van der Waals surface area contributed by atoms with Gasteiger partial charge < -0.3 is 16.3 Å². The topological polar surface area (TPSA) is 110 Å². The molecule has 1 amide bonds. The molecule has 0 unspecified atom stereocenters. The quantitative estimate of drug-likeness (QED) is 0.496. The standard InChI is InChI=1S/C16H14N4O3/c17-11-7-5-10(6-8-11)9-18-15(21)14-19-13-4-2-1-3-12(13)16(22)20(14)23/h1-8,23H,9,17H2,(H,18,21). The summed E-state index contributed by atoms with van der Waals surface area (Å²) >= 11 is 0. The first kappa shape index (κ1) is 14.6. The second-order valence-electron chi connectivity index (χ2n) is 4.99. The van der Waals surface area contributed by atoms with Gasteiger partial charge in [-0.15, -0.1) is 4.73 Å². The maximum atomic E-state index is 12.2. The van der Waals surface area contributed by atoms with E-state index in [9.17, 15) is 14.8 Å². The average Bonchev–Trinajstić information content (AvgIpc) is 2.57. The second-order valence-corrected chi connectivity index (χ2v) is 4.99. The summed E-state index contributed by atoms with van der Waals surface area (Å²) in [6.45, 7) is 0.224. The molecule has 2 aromatic carbocycles. The molecule has 1 aromatic heterocycles. The Kier molecular flexibility index (Phi) is 3.68. The summed E-state index contributed by atoms with van der Waals surface area (Å²) in [6.07, 6.45) is 0. The van der Waals surface area contributed by atoms with E-state index in [1.165, 1.54) is 6.07 Å². The number of para-hydroxylation sites is 1. The summed E-state index contributed by atoms with van der Waals surface area (Å²) in [5.74, 6) is -1.00. The number of aromatic nitrogens is 2. The van der Waals surface area contributed by atoms with Crippen LogP contribution < -0.4 is 16.6 Å². The zero-order valence-electron chi connectivity index (χ0n) is 12.1. The third-order valence-electron chi connectivity index (χ3n) is 3.39. The Morgan fingerprint density at radius 1 is 1.17 bits per heavy atom. The molecule has 4 N–H and O–H groups in total. The first-order valence-electron chi connectivity index (χ1n) is 6.90. The van der Waals surface area contributed by atoms with Gasteiger partial charge in [-0.1, -0.05) is 24.3 Å². The van der Waals surface area contributed by atoms with Crippen LogP contribution in [0.5, 0.6) is 0 Å². The lowest BCUT2D eigenvalue weighted by atomic mass is 10.2. The summed E-state index contributed by atoms with van der Waals surface area (Å²) in [6, 6.07) is 13.5. The van der Waals surface area contributed by atoms with Crippen LogP contribution >= 0.6 is 0 Å². The fourth-order valence-electron chi connectivity index (χ4n) is 2.17. The van der Waals surface area contributed by atoms with E-state index >= 15 is 0 Å². The minimum Gasteiger partial charge on any atom is -0.423 e. The van der Waals surface area contributed by atoms with Gasteiger partial charge in [0.2, 0.25) is 5.82 Å². The SMILES string of the molecule is Nc1ccc(CNC(=O)c2nc3ccccc3c(=O)n2O)cc1. The highest BCUT2D eigenvalue weighted by Gasteiger charge is 2.16. The molecule has 0 aliphatic rings. The van der Waals surface area contributed by atoms with Gasteiger partial charge in [0, 0.05) is 12.2 Å². The fourth-order valence-corrected chi connectivity index (χ4v) is 2.17. The fraction of sp³-hybridized carbons (Fsp3) is 0.0625. The van der Waals surface area contributed by atoms with Crippen LogP contribution in [0.2, 0.25) is 0 Å². The van der Waals surface area contributed by atoms with Gasteiger partial charge in [-0.2, -0.15) is 0 Å². The molecule has 0 atom stereocenters. The van der Waals surface area contributed by atoms with Gasteiger partial charge in [-0.05, 0) is 29.8 Å². The van der Waals surface area contributed by atoms with Gasteiger partial charge in [-0.25, -0.2) is 4.98 Å². The van der Waals surface area contributed by atoms with Crippen molar-refractivity contribution < 1.29 is 10.0 Å². The van der Waals surface area contributed by atoms with Gasteiger partial charge in [0.25, 0.3) is 11.5 Å². The Hall–Kier alpha value is -3.35. The molecule has 0 spiro atoms. The summed E-state index contributed by atoms with van der Waals surface area (Å²) in [4.78, 5) is 28.3. The molecule has 0 saturated heterocycles. The molecule has 0 aliphatic carbocycles. The number of benzene rings is 2. The van der Waals surface area contributed by atoms with E-state index in [1.807, 2.05) is 0 Å². The predicted octanol–water partition coefficient (Wildman–Crippen LogP) is 1.15. The molecule has 0 radical (unpaired) electrons. The zero-order valence-corrected chi connectivity index (χ0v) is 12.1. The molecule has 0 aliphatic heterocycles. The van der Waals surface area contributed by atoms with E-state index in [0.717, 1.165) is 5.56 Å². The first-order chi connectivity index (χ1) is 11.1. The predicted molar refractivity (Wildman–Crippen MR) is 85.2 cm³/mol. The molecule has 3 aromatic rings. The number of nitrogens with two attached hydrogens (primary N) is 1. The Balaban J connectivity index is 1.87. The highest BCUT2D eigenvalue weighted by molar-refractivity contribution is 5.92. The molecule has 7 nitrogen and oxygen atoms in total. The van der Waals surface area contributed by atoms with Crippen molar-refractivity contribution in [2.24, 2.45) is 0 Å². The van der Waals surface area contributed by atoms with Gasteiger partial charge in [0.1, 0.15) is 0 Å². The monoisotopic (exact) mass is 310 g/mol. The van der Waals surface area contributed by atoms with Crippen LogP contribution in [0.1, 0.15) is 16.2 Å². The van der Waals surface area contributed by atoms with E-state index in [4.69, 9.17) is 5.73 Å². The van der Waals surface area contributed by atoms with Crippen LogP contribution in [0.4, 0.5) is 5.69 Å². The molecule has 116 valence electrons. The summed E-state index contributed by atoms with van der Waals surface area (Å²) < 4.78 is 0.265. The lowest BCUT2D eigenvalue weighted by Crippen LogP contribution is -2.32. The molecule has 3 rings (SSSR count). The Labute approximate surface area is 131 Å². The molecule has 0 bridgehead atoms. The maximum Gasteiger partial charge on any atom is 0.294 e. The number of nitrogen functional groups attached to an aromatic ring is 1. The number of fused-ring (bicyclic) bond motifs is 1. The molecule has 23 heavy (non-hydrogen) atoms. The summed E-state index contributed by atoms with van der Waals surface area (Å²) in [5.41, 5.74) is 6.71. The van der Waals surface area contributed by atoms with Gasteiger partial charge in [0.05, 0.1) is 10.9 Å². The van der Waals surface area contributed by atoms with Crippen molar-refractivity contribution in [1.82, 2.24) is 15.0 Å². The van der Waals surface area contributed by atoms with E-state index in [-0.39, 0.29) is 22.5 Å². The van der Waals surface area contributed by atoms with Crippen LogP contribution in [0.15, 0.2) is 53.3 Å². The van der Waals surface area contributed by atoms with Crippen molar-refractivity contribution in [3.8, 4) is 0 Å². The Bertz CT molecular complexity index is 932. The average molecular weight is 310 g/mol. The van der Waals surface area contributed by atoms with Crippen molar-refractivity contribution in [1.29, 1.82) is 0 Å². The van der Waals surface area contributed by atoms with E-state index in [1.54, 1.807) is 42.5 Å². The van der Waals surface area contributed by atoms with Crippen LogP contribution in [-0.4, -0.2) is 20.8 Å². The first-order valence-corrected chi connectivity index (χ1v) is 6.90. The Morgan fingerprint density at radius 2 is 1.87 bits per heavy atom. The number of hydrogen-bond donors (Lipinski definition) is 3. The third-order valence-corrected chi connectivity index (χ3v) is 3.39. The molecule has 1 heterocycles. The largest absolute Gasteiger partial charge is 0.423 e. The number of carbonyl (C=O) groups is 1. The third kappa shape index (κ3) is 2.84. The summed E-state index contributed by atoms with van der Waals surface area (Å²) in [7, 11) is 0. The van der Waals surface area contributed by atoms with Crippen LogP contribution in [0.3, 0.4) is 0 Å². The number of nitrogens with zero attached hydrogens (tertiary/aromatic N) is 2. The van der Waals surface area contributed by atoms with Crippen molar-refractivity contribution in [3.63, 3.8) is 0 Å². The van der Waals surface area contributed by atoms with Crippen molar-refractivity contribution >= 4 is 22.5 Å². The van der Waals surface area contributed by atoms with Crippen molar-refractivity contribution in [2.75, 3.05) is 5.73 Å². The van der Waals surface area contributed by atoms with Gasteiger partial charge >= 0.3 is 0 Å². The molecule has 0 fully saturated rings. The number of rotatable bonds is 3. The second kappa shape index (κ2) is 5.80. The lowest BCUT2D eigenvalue weighted by Gasteiger charge is -2.08. The van der Waals surface area contributed by atoms with Crippen molar-refractivity contribution in [3.05, 3.63) is 70.3 Å². The molecular weight excluding hydrogens is 296 g/mol. The number of anilines is 1. The number of hydrogen-bond acceptors (Lipinski definition) is 5. The smallest absolute Gasteiger partial charge is 0.294 e. The van der Waals surface area contributed by atoms with Crippen LogP contribution in [0, 0.1) is 0 Å². The lowest BCUT2D eigenvalue weighted by molar-refractivity contribution is 0.0878. The zero-order chi connectivity index (χ0) is 16.4. The van der Waals surface area contributed by atoms with Crippen LogP contribution in [-0.2, 0) is 6.54 Å². The van der Waals surface area contributed by atoms with Crippen molar-refractivity contribution in [2.45, 2.75) is 6.54 Å². The summed E-state index contributed by atoms with van der Waals surface area (Å²) in [5, 5.41) is 12.7. The molecule has 7 heteroatoms. The number of nitrogens with one attached hydrogen (secondary N) is 1. The highest BCUT2D eigenvalue weighted by atomic mass is 16.5. The van der Waals surface area contributed by atoms with E-state index < -0.39 is 11.5 Å². The van der Waals surface area contributed by atoms with E-state index in [2.05, 4.69) is 10.3 Å². The van der Waals surface area contributed by atoms with E-state index in [0.29, 0.717) is 11.2 Å².